The summed E-state index contributed by atoms with van der Waals surface area (Å²) in [5.74, 6) is 1.16. The van der Waals surface area contributed by atoms with Crippen LogP contribution in [0.2, 0.25) is 0 Å². The highest BCUT2D eigenvalue weighted by Crippen LogP contribution is 2.22. The average Bonchev–Trinajstić information content (AvgIpc) is 2.85. The predicted molar refractivity (Wildman–Crippen MR) is 90.1 cm³/mol. The summed E-state index contributed by atoms with van der Waals surface area (Å²) in [5, 5.41) is 0. The van der Waals surface area contributed by atoms with Gasteiger partial charge < -0.3 is 14.4 Å². The molecule has 1 aliphatic heterocycles. The van der Waals surface area contributed by atoms with Gasteiger partial charge in [0.05, 0.1) is 0 Å². The van der Waals surface area contributed by atoms with Crippen LogP contribution in [0.4, 0.5) is 5.95 Å². The van der Waals surface area contributed by atoms with Gasteiger partial charge in [0.15, 0.2) is 11.2 Å². The van der Waals surface area contributed by atoms with Gasteiger partial charge in [0.1, 0.15) is 0 Å². The Hall–Kier alpha value is -2.09. The lowest BCUT2D eigenvalue weighted by atomic mass is 10.2. The number of rotatable bonds is 3. The first kappa shape index (κ1) is 15.8. The second kappa shape index (κ2) is 5.84. The zero-order valence-electron chi connectivity index (χ0n) is 14.2. The largest absolute Gasteiger partial charge is 0.340 e. The standard InChI is InChI=1S/C15H24N6O2/c1-10(2)9-21-11-12(19(4)15(23)17-13(11)22)16-14(21)20-7-5-18(3)6-8-20/h10H,5-9H2,1-4H3,(H,17,22,23). The highest BCUT2D eigenvalue weighted by Gasteiger charge is 2.24. The number of aromatic amines is 1. The van der Waals surface area contributed by atoms with Gasteiger partial charge in [-0.25, -0.2) is 4.79 Å². The molecule has 2 aromatic heterocycles. The number of imidazole rings is 1. The van der Waals surface area contributed by atoms with Crippen LogP contribution in [0.15, 0.2) is 9.59 Å². The molecule has 0 aliphatic carbocycles. The number of nitrogens with one attached hydrogen (secondary N) is 1. The number of nitrogens with zero attached hydrogens (tertiary/aromatic N) is 5. The van der Waals surface area contributed by atoms with Crippen molar-refractivity contribution in [3.8, 4) is 0 Å². The number of fused-ring (bicyclic) bond motifs is 1. The van der Waals surface area contributed by atoms with Crippen molar-refractivity contribution >= 4 is 17.1 Å². The van der Waals surface area contributed by atoms with Crippen LogP contribution >= 0.6 is 0 Å². The number of anilines is 1. The molecule has 2 aromatic rings. The Labute approximate surface area is 134 Å². The van der Waals surface area contributed by atoms with Crippen molar-refractivity contribution in [1.29, 1.82) is 0 Å². The molecular formula is C15H24N6O2. The number of hydrogen-bond acceptors (Lipinski definition) is 5. The van der Waals surface area contributed by atoms with E-state index in [2.05, 4.69) is 40.7 Å². The fraction of sp³-hybridized carbons (Fsp3) is 0.667. The van der Waals surface area contributed by atoms with Crippen LogP contribution in [0.25, 0.3) is 11.2 Å². The maximum atomic E-state index is 12.3. The molecule has 0 atom stereocenters. The molecule has 8 heteroatoms. The van der Waals surface area contributed by atoms with Gasteiger partial charge in [0.2, 0.25) is 5.95 Å². The average molecular weight is 320 g/mol. The highest BCUT2D eigenvalue weighted by atomic mass is 16.2. The monoisotopic (exact) mass is 320 g/mol. The first-order chi connectivity index (χ1) is 10.9. The summed E-state index contributed by atoms with van der Waals surface area (Å²) in [6.45, 7) is 8.55. The number of piperazine rings is 1. The molecule has 0 radical (unpaired) electrons. The highest BCUT2D eigenvalue weighted by molar-refractivity contribution is 5.74. The van der Waals surface area contributed by atoms with Crippen molar-refractivity contribution in [2.24, 2.45) is 13.0 Å². The smallest absolute Gasteiger partial charge is 0.329 e. The van der Waals surface area contributed by atoms with Crippen molar-refractivity contribution in [1.82, 2.24) is 24.0 Å². The second-order valence-corrected chi connectivity index (χ2v) is 6.70. The third kappa shape index (κ3) is 2.78. The molecule has 3 heterocycles. The molecule has 0 saturated carbocycles. The lowest BCUT2D eigenvalue weighted by molar-refractivity contribution is 0.309. The number of aromatic nitrogens is 4. The zero-order valence-corrected chi connectivity index (χ0v) is 14.2. The number of hydrogen-bond donors (Lipinski definition) is 1. The van der Waals surface area contributed by atoms with Crippen molar-refractivity contribution in [3.05, 3.63) is 20.8 Å². The Morgan fingerprint density at radius 1 is 1.13 bits per heavy atom. The number of H-pyrrole nitrogens is 1. The fourth-order valence-corrected chi connectivity index (χ4v) is 3.01. The minimum absolute atomic E-state index is 0.364. The zero-order chi connectivity index (χ0) is 16.7. The summed E-state index contributed by atoms with van der Waals surface area (Å²) < 4.78 is 3.37. The van der Waals surface area contributed by atoms with E-state index in [1.165, 1.54) is 4.57 Å². The maximum Gasteiger partial charge on any atom is 0.329 e. The number of aryl methyl sites for hydroxylation is 1. The van der Waals surface area contributed by atoms with Gasteiger partial charge in [0.25, 0.3) is 5.56 Å². The van der Waals surface area contributed by atoms with Crippen LogP contribution in [-0.2, 0) is 13.6 Å². The van der Waals surface area contributed by atoms with Gasteiger partial charge in [0, 0.05) is 39.8 Å². The van der Waals surface area contributed by atoms with E-state index in [0.29, 0.717) is 23.6 Å². The summed E-state index contributed by atoms with van der Waals surface area (Å²) in [6.07, 6.45) is 0. The van der Waals surface area contributed by atoms with E-state index < -0.39 is 5.69 Å². The van der Waals surface area contributed by atoms with Gasteiger partial charge >= 0.3 is 5.69 Å². The molecule has 1 N–H and O–H groups in total. The Balaban J connectivity index is 2.20. The van der Waals surface area contributed by atoms with Gasteiger partial charge in [-0.3, -0.25) is 14.3 Å². The molecule has 1 aliphatic rings. The SMILES string of the molecule is CC(C)Cn1c(N2CCN(C)CC2)nc2c1c(=O)[nH]c(=O)n2C. The predicted octanol–water partition coefficient (Wildman–Crippen LogP) is -0.169. The molecule has 0 unspecified atom stereocenters. The van der Waals surface area contributed by atoms with Crippen molar-refractivity contribution in [2.75, 3.05) is 38.1 Å². The van der Waals surface area contributed by atoms with Gasteiger partial charge in [-0.05, 0) is 13.0 Å². The molecule has 3 rings (SSSR count). The van der Waals surface area contributed by atoms with Gasteiger partial charge in [-0.2, -0.15) is 4.98 Å². The molecule has 0 aromatic carbocycles. The lowest BCUT2D eigenvalue weighted by Crippen LogP contribution is -2.45. The number of likely N-dealkylation sites (N-methyl/N-ethyl adjacent to an activating group) is 1. The Bertz CT molecular complexity index is 823. The second-order valence-electron chi connectivity index (χ2n) is 6.70. The third-order valence-electron chi connectivity index (χ3n) is 4.32. The van der Waals surface area contributed by atoms with Crippen LogP contribution in [0.3, 0.4) is 0 Å². The summed E-state index contributed by atoms with van der Waals surface area (Å²) in [5.41, 5.74) is 0.140. The van der Waals surface area contributed by atoms with Gasteiger partial charge in [-0.1, -0.05) is 13.8 Å². The summed E-state index contributed by atoms with van der Waals surface area (Å²) in [4.78, 5) is 35.7. The van der Waals surface area contributed by atoms with Crippen molar-refractivity contribution in [2.45, 2.75) is 20.4 Å². The minimum atomic E-state index is -0.429. The van der Waals surface area contributed by atoms with E-state index in [1.54, 1.807) is 7.05 Å². The van der Waals surface area contributed by atoms with Crippen LogP contribution in [-0.4, -0.2) is 57.2 Å². The molecule has 23 heavy (non-hydrogen) atoms. The molecule has 0 bridgehead atoms. The van der Waals surface area contributed by atoms with E-state index in [4.69, 9.17) is 0 Å². The lowest BCUT2D eigenvalue weighted by Gasteiger charge is -2.33. The molecule has 126 valence electrons. The Morgan fingerprint density at radius 3 is 2.39 bits per heavy atom. The molecule has 0 spiro atoms. The van der Waals surface area contributed by atoms with Crippen LogP contribution in [0.5, 0.6) is 0 Å². The van der Waals surface area contributed by atoms with E-state index >= 15 is 0 Å². The van der Waals surface area contributed by atoms with Gasteiger partial charge in [-0.15, -0.1) is 0 Å². The molecule has 1 saturated heterocycles. The summed E-state index contributed by atoms with van der Waals surface area (Å²) in [7, 11) is 3.74. The first-order valence-electron chi connectivity index (χ1n) is 8.01. The fourth-order valence-electron chi connectivity index (χ4n) is 3.01. The van der Waals surface area contributed by atoms with Crippen LogP contribution in [0.1, 0.15) is 13.8 Å². The Morgan fingerprint density at radius 2 is 1.78 bits per heavy atom. The van der Waals surface area contributed by atoms with E-state index in [9.17, 15) is 9.59 Å². The topological polar surface area (TPSA) is 79.2 Å². The first-order valence-corrected chi connectivity index (χ1v) is 8.01. The van der Waals surface area contributed by atoms with Crippen LogP contribution in [0, 0.1) is 5.92 Å². The van der Waals surface area contributed by atoms with Crippen LogP contribution < -0.4 is 16.1 Å². The summed E-state index contributed by atoms with van der Waals surface area (Å²) in [6, 6.07) is 0. The van der Waals surface area contributed by atoms with Crippen molar-refractivity contribution in [3.63, 3.8) is 0 Å². The van der Waals surface area contributed by atoms with E-state index in [1.807, 2.05) is 4.57 Å². The Kier molecular flexibility index (Phi) is 4.01. The third-order valence-corrected chi connectivity index (χ3v) is 4.32. The molecule has 1 fully saturated rings. The molecular weight excluding hydrogens is 296 g/mol. The van der Waals surface area contributed by atoms with Crippen molar-refractivity contribution < 1.29 is 0 Å². The summed E-state index contributed by atoms with van der Waals surface area (Å²) >= 11 is 0. The normalized spacial score (nSPS) is 16.7. The van der Waals surface area contributed by atoms with E-state index in [0.717, 1.165) is 32.1 Å². The maximum absolute atomic E-state index is 12.3. The van der Waals surface area contributed by atoms with E-state index in [-0.39, 0.29) is 5.56 Å². The molecule has 0 amide bonds. The minimum Gasteiger partial charge on any atom is -0.340 e. The quantitative estimate of drug-likeness (QED) is 0.849. The molecule has 8 nitrogen and oxygen atoms in total.